The lowest BCUT2D eigenvalue weighted by atomic mass is 9.38. The van der Waals surface area contributed by atoms with Gasteiger partial charge >= 0.3 is 0 Å². The van der Waals surface area contributed by atoms with E-state index in [1.165, 1.54) is 25.0 Å². The van der Waals surface area contributed by atoms with Crippen LogP contribution in [0.3, 0.4) is 0 Å². The number of fused-ring (bicyclic) bond motifs is 4. The van der Waals surface area contributed by atoms with Gasteiger partial charge < -0.3 is 4.74 Å². The number of nitrogens with zero attached hydrogens (tertiary/aromatic N) is 2. The Morgan fingerprint density at radius 3 is 2.45 bits per heavy atom. The number of hydrogen-bond donors (Lipinski definition) is 0. The first-order chi connectivity index (χ1) is 10.6. The van der Waals surface area contributed by atoms with Crippen LogP contribution in [0.5, 0.6) is 0 Å². The molecule has 0 N–H and O–H groups in total. The summed E-state index contributed by atoms with van der Waals surface area (Å²) in [5.41, 5.74) is -0.0980. The number of benzene rings is 1. The highest BCUT2D eigenvalue weighted by molar-refractivity contribution is 5.48. The molecule has 3 saturated carbocycles. The predicted octanol–water partition coefficient (Wildman–Crippen LogP) is 3.06. The van der Waals surface area contributed by atoms with Crippen LogP contribution in [0.15, 0.2) is 18.2 Å². The van der Waals surface area contributed by atoms with Crippen LogP contribution in [0.4, 0.5) is 11.4 Å². The highest BCUT2D eigenvalue weighted by atomic mass is 16.6. The number of nitro benzene ring substituents is 2. The second-order valence-corrected chi connectivity index (χ2v) is 6.56. The summed E-state index contributed by atoms with van der Waals surface area (Å²) < 4.78 is 5.87. The van der Waals surface area contributed by atoms with E-state index < -0.39 is 9.85 Å². The van der Waals surface area contributed by atoms with E-state index in [0.717, 1.165) is 30.2 Å². The monoisotopic (exact) mass is 304 g/mol. The zero-order chi connectivity index (χ0) is 15.4. The summed E-state index contributed by atoms with van der Waals surface area (Å²) in [6.07, 6.45) is 3.92. The standard InChI is InChI=1S/C15H16N2O5/c18-16(19)9-2-1-8(13(5-9)17(20)21)7-22-14-6-12-10-3-4-11(10)15(12)14/h1-2,5,10-12,14-15H,3-4,6-7H2. The van der Waals surface area contributed by atoms with Crippen molar-refractivity contribution < 1.29 is 14.6 Å². The first-order valence-electron chi connectivity index (χ1n) is 7.59. The molecule has 0 amide bonds. The van der Waals surface area contributed by atoms with Gasteiger partial charge in [0.15, 0.2) is 0 Å². The van der Waals surface area contributed by atoms with Crippen molar-refractivity contribution in [3.05, 3.63) is 44.0 Å². The Labute approximate surface area is 126 Å². The van der Waals surface area contributed by atoms with Gasteiger partial charge in [-0.2, -0.15) is 0 Å². The zero-order valence-electron chi connectivity index (χ0n) is 11.9. The van der Waals surface area contributed by atoms with Crippen LogP contribution >= 0.6 is 0 Å². The molecule has 3 aliphatic carbocycles. The molecule has 0 aliphatic heterocycles. The fourth-order valence-corrected chi connectivity index (χ4v) is 4.47. The van der Waals surface area contributed by atoms with E-state index in [4.69, 9.17) is 4.74 Å². The summed E-state index contributed by atoms with van der Waals surface area (Å²) in [6, 6.07) is 3.73. The third kappa shape index (κ3) is 1.85. The van der Waals surface area contributed by atoms with Gasteiger partial charge in [0.25, 0.3) is 11.4 Å². The molecular formula is C15H16N2O5. The first-order valence-corrected chi connectivity index (χ1v) is 7.59. The maximum absolute atomic E-state index is 11.1. The highest BCUT2D eigenvalue weighted by Gasteiger charge is 2.64. The molecule has 1 aromatic carbocycles. The molecule has 4 rings (SSSR count). The van der Waals surface area contributed by atoms with Gasteiger partial charge in [-0.15, -0.1) is 0 Å². The average Bonchev–Trinajstić information content (AvgIpc) is 2.46. The van der Waals surface area contributed by atoms with Crippen LogP contribution in [0.1, 0.15) is 24.8 Å². The number of hydrogen-bond acceptors (Lipinski definition) is 5. The molecule has 7 nitrogen and oxygen atoms in total. The van der Waals surface area contributed by atoms with Crippen molar-refractivity contribution in [3.63, 3.8) is 0 Å². The van der Waals surface area contributed by atoms with Crippen LogP contribution in [0, 0.1) is 43.9 Å². The van der Waals surface area contributed by atoms with Crippen LogP contribution in [-0.4, -0.2) is 16.0 Å². The Morgan fingerprint density at radius 2 is 1.86 bits per heavy atom. The van der Waals surface area contributed by atoms with Crippen LogP contribution in [-0.2, 0) is 11.3 Å². The molecule has 1 aromatic rings. The second kappa shape index (κ2) is 4.74. The molecule has 3 aliphatic rings. The van der Waals surface area contributed by atoms with Crippen LogP contribution in [0.25, 0.3) is 0 Å². The van der Waals surface area contributed by atoms with E-state index in [1.54, 1.807) is 0 Å². The molecule has 0 saturated heterocycles. The van der Waals surface area contributed by atoms with Crippen molar-refractivity contribution in [2.45, 2.75) is 32.0 Å². The molecule has 7 heteroatoms. The number of ether oxygens (including phenoxy) is 1. The summed E-state index contributed by atoms with van der Waals surface area (Å²) >= 11 is 0. The molecule has 5 atom stereocenters. The fourth-order valence-electron chi connectivity index (χ4n) is 4.47. The third-order valence-electron chi connectivity index (χ3n) is 5.79. The minimum Gasteiger partial charge on any atom is -0.373 e. The third-order valence-corrected chi connectivity index (χ3v) is 5.79. The van der Waals surface area contributed by atoms with E-state index in [9.17, 15) is 20.2 Å². The number of nitro groups is 2. The molecule has 0 bridgehead atoms. The van der Waals surface area contributed by atoms with E-state index in [-0.39, 0.29) is 24.1 Å². The largest absolute Gasteiger partial charge is 0.373 e. The van der Waals surface area contributed by atoms with Crippen molar-refractivity contribution in [2.75, 3.05) is 0 Å². The maximum atomic E-state index is 11.1. The van der Waals surface area contributed by atoms with E-state index in [2.05, 4.69) is 0 Å². The van der Waals surface area contributed by atoms with Crippen LogP contribution in [0.2, 0.25) is 0 Å². The van der Waals surface area contributed by atoms with E-state index >= 15 is 0 Å². The van der Waals surface area contributed by atoms with Gasteiger partial charge in [0.1, 0.15) is 0 Å². The van der Waals surface area contributed by atoms with Crippen molar-refractivity contribution in [1.29, 1.82) is 0 Å². The summed E-state index contributed by atoms with van der Waals surface area (Å²) in [5, 5.41) is 21.8. The Bertz CT molecular complexity index is 655. The van der Waals surface area contributed by atoms with Crippen molar-refractivity contribution in [3.8, 4) is 0 Å². The average molecular weight is 304 g/mol. The molecule has 5 unspecified atom stereocenters. The van der Waals surface area contributed by atoms with Crippen molar-refractivity contribution in [2.24, 2.45) is 23.7 Å². The molecule has 0 spiro atoms. The van der Waals surface area contributed by atoms with Gasteiger partial charge in [-0.1, -0.05) is 0 Å². The quantitative estimate of drug-likeness (QED) is 0.615. The summed E-state index contributed by atoms with van der Waals surface area (Å²) in [4.78, 5) is 20.6. The lowest BCUT2D eigenvalue weighted by Gasteiger charge is -2.68. The van der Waals surface area contributed by atoms with Gasteiger partial charge in [-0.25, -0.2) is 0 Å². The molecular weight excluding hydrogens is 288 g/mol. The lowest BCUT2D eigenvalue weighted by Crippen LogP contribution is -2.65. The predicted molar refractivity (Wildman–Crippen MR) is 76.1 cm³/mol. The second-order valence-electron chi connectivity index (χ2n) is 6.56. The Hall–Kier alpha value is -2.02. The summed E-state index contributed by atoms with van der Waals surface area (Å²) in [7, 11) is 0. The molecule has 0 aromatic heterocycles. The normalized spacial score (nSPS) is 34.5. The van der Waals surface area contributed by atoms with Gasteiger partial charge in [0.05, 0.1) is 34.2 Å². The van der Waals surface area contributed by atoms with Gasteiger partial charge in [0, 0.05) is 6.07 Å². The SMILES string of the molecule is O=[N+]([O-])c1ccc(COC2CC3C4CCC4C23)c([N+](=O)[O-])c1. The molecule has 0 heterocycles. The van der Waals surface area contributed by atoms with Crippen LogP contribution < -0.4 is 0 Å². The molecule has 0 radical (unpaired) electrons. The Balaban J connectivity index is 1.44. The highest BCUT2D eigenvalue weighted by Crippen LogP contribution is 2.67. The van der Waals surface area contributed by atoms with E-state index in [0.29, 0.717) is 11.5 Å². The number of rotatable bonds is 5. The Kier molecular flexibility index (Phi) is 2.94. The molecule has 3 fully saturated rings. The molecule has 22 heavy (non-hydrogen) atoms. The van der Waals surface area contributed by atoms with Crippen molar-refractivity contribution in [1.82, 2.24) is 0 Å². The topological polar surface area (TPSA) is 95.5 Å². The minimum absolute atomic E-state index is 0.152. The Morgan fingerprint density at radius 1 is 1.09 bits per heavy atom. The first kappa shape index (κ1) is 13.6. The van der Waals surface area contributed by atoms with E-state index in [1.807, 2.05) is 0 Å². The van der Waals surface area contributed by atoms with Crippen molar-refractivity contribution >= 4 is 11.4 Å². The van der Waals surface area contributed by atoms with Gasteiger partial charge in [-0.05, 0) is 49.0 Å². The number of non-ortho nitro benzene ring substituents is 1. The summed E-state index contributed by atoms with van der Waals surface area (Å²) in [6.45, 7) is 0.152. The zero-order valence-corrected chi connectivity index (χ0v) is 11.9. The van der Waals surface area contributed by atoms with Gasteiger partial charge in [-0.3, -0.25) is 20.2 Å². The van der Waals surface area contributed by atoms with Gasteiger partial charge in [0.2, 0.25) is 0 Å². The molecule has 116 valence electrons. The smallest absolute Gasteiger partial charge is 0.281 e. The maximum Gasteiger partial charge on any atom is 0.281 e. The minimum atomic E-state index is -0.626. The fraction of sp³-hybridized carbons (Fsp3) is 0.600. The summed E-state index contributed by atoms with van der Waals surface area (Å²) in [5.74, 6) is 3.20. The lowest BCUT2D eigenvalue weighted by molar-refractivity contribution is -0.394.